The largest absolute Gasteiger partial charge is 0.368 e. The number of hydrogen-bond donors (Lipinski definition) is 2. The van der Waals surface area contributed by atoms with Crippen molar-refractivity contribution in [2.75, 3.05) is 24.2 Å². The predicted octanol–water partition coefficient (Wildman–Crippen LogP) is 2.35. The summed E-state index contributed by atoms with van der Waals surface area (Å²) in [6.45, 7) is 3.73. The smallest absolute Gasteiger partial charge is 0.225 e. The molecule has 3 rings (SSSR count). The average molecular weight is 288 g/mol. The minimum Gasteiger partial charge on any atom is -0.368 e. The quantitative estimate of drug-likeness (QED) is 0.754. The fourth-order valence-electron chi connectivity index (χ4n) is 2.01. The first-order valence-corrected chi connectivity index (χ1v) is 7.23. The van der Waals surface area contributed by atoms with Gasteiger partial charge in [-0.3, -0.25) is 0 Å². The van der Waals surface area contributed by atoms with E-state index in [0.29, 0.717) is 5.95 Å². The fraction of sp³-hybridized carbons (Fsp3) is 0.308. The van der Waals surface area contributed by atoms with Gasteiger partial charge >= 0.3 is 0 Å². The molecule has 0 aliphatic heterocycles. The van der Waals surface area contributed by atoms with Crippen molar-refractivity contribution < 1.29 is 0 Å². The molecule has 104 valence electrons. The molecule has 0 unspecified atom stereocenters. The second-order valence-corrected chi connectivity index (χ2v) is 5.68. The third kappa shape index (κ3) is 2.57. The van der Waals surface area contributed by atoms with Crippen LogP contribution in [0.2, 0.25) is 0 Å². The van der Waals surface area contributed by atoms with E-state index in [-0.39, 0.29) is 0 Å². The van der Waals surface area contributed by atoms with Crippen LogP contribution in [0.5, 0.6) is 0 Å². The van der Waals surface area contributed by atoms with Gasteiger partial charge in [0.15, 0.2) is 0 Å². The van der Waals surface area contributed by atoms with Gasteiger partial charge < -0.3 is 15.2 Å². The number of anilines is 2. The Morgan fingerprint density at radius 1 is 1.35 bits per heavy atom. The van der Waals surface area contributed by atoms with E-state index in [9.17, 15) is 0 Å². The normalized spacial score (nSPS) is 10.9. The first kappa shape index (κ1) is 12.9. The van der Waals surface area contributed by atoms with Gasteiger partial charge in [-0.1, -0.05) is 0 Å². The maximum atomic E-state index is 4.50. The molecule has 3 aromatic rings. The van der Waals surface area contributed by atoms with E-state index in [2.05, 4.69) is 38.6 Å². The zero-order valence-corrected chi connectivity index (χ0v) is 12.2. The summed E-state index contributed by atoms with van der Waals surface area (Å²) < 4.78 is 2.03. The highest BCUT2D eigenvalue weighted by molar-refractivity contribution is 7.18. The number of hydrogen-bond acceptors (Lipinski definition) is 6. The van der Waals surface area contributed by atoms with Gasteiger partial charge in [-0.2, -0.15) is 4.98 Å². The van der Waals surface area contributed by atoms with Crippen LogP contribution in [-0.4, -0.2) is 33.1 Å². The number of imidazole rings is 1. The van der Waals surface area contributed by atoms with Crippen molar-refractivity contribution in [1.29, 1.82) is 0 Å². The fourth-order valence-corrected chi connectivity index (χ4v) is 2.89. The molecule has 0 spiro atoms. The van der Waals surface area contributed by atoms with Crippen molar-refractivity contribution in [2.24, 2.45) is 0 Å². The van der Waals surface area contributed by atoms with Gasteiger partial charge in [-0.15, -0.1) is 11.3 Å². The van der Waals surface area contributed by atoms with E-state index < -0.39 is 0 Å². The Morgan fingerprint density at radius 3 is 3.00 bits per heavy atom. The van der Waals surface area contributed by atoms with E-state index in [1.165, 1.54) is 4.88 Å². The summed E-state index contributed by atoms with van der Waals surface area (Å²) in [5.41, 5.74) is 0. The molecular formula is C13H16N6S. The Labute approximate surface area is 120 Å². The topological polar surface area (TPSA) is 67.7 Å². The number of aromatic nitrogens is 4. The third-order valence-electron chi connectivity index (χ3n) is 2.96. The minimum absolute atomic E-state index is 0.643. The summed E-state index contributed by atoms with van der Waals surface area (Å²) in [6, 6.07) is 2.12. The standard InChI is InChI=1S/C13H16N6S/c1-9-7-10-11(16-4-6-19-5-3-15-8-19)17-13(14-2)18-12(10)20-9/h3,5,7-8H,4,6H2,1-2H3,(H2,14,16,17,18). The molecule has 0 aliphatic carbocycles. The van der Waals surface area contributed by atoms with Crippen molar-refractivity contribution in [3.05, 3.63) is 29.7 Å². The third-order valence-corrected chi connectivity index (χ3v) is 3.91. The average Bonchev–Trinajstić information content (AvgIpc) is 3.06. The van der Waals surface area contributed by atoms with Gasteiger partial charge in [0.05, 0.1) is 11.7 Å². The summed E-state index contributed by atoms with van der Waals surface area (Å²) in [5.74, 6) is 1.52. The summed E-state index contributed by atoms with van der Waals surface area (Å²) in [5, 5.41) is 7.46. The molecule has 7 heteroatoms. The van der Waals surface area contributed by atoms with E-state index in [0.717, 1.165) is 29.1 Å². The lowest BCUT2D eigenvalue weighted by Crippen LogP contribution is -2.11. The number of rotatable bonds is 5. The molecule has 0 atom stereocenters. The van der Waals surface area contributed by atoms with E-state index >= 15 is 0 Å². The Hall–Kier alpha value is -2.15. The van der Waals surface area contributed by atoms with Crippen LogP contribution in [-0.2, 0) is 6.54 Å². The van der Waals surface area contributed by atoms with Crippen LogP contribution in [0, 0.1) is 6.92 Å². The lowest BCUT2D eigenvalue weighted by Gasteiger charge is -2.08. The van der Waals surface area contributed by atoms with E-state index in [4.69, 9.17) is 0 Å². The zero-order valence-electron chi connectivity index (χ0n) is 11.4. The minimum atomic E-state index is 0.643. The maximum absolute atomic E-state index is 4.50. The number of thiophene rings is 1. The molecule has 0 aliphatic rings. The van der Waals surface area contributed by atoms with Gasteiger partial charge in [0.2, 0.25) is 5.95 Å². The summed E-state index contributed by atoms with van der Waals surface area (Å²) in [4.78, 5) is 15.2. The molecule has 6 nitrogen and oxygen atoms in total. The highest BCUT2D eigenvalue weighted by Gasteiger charge is 2.09. The predicted molar refractivity (Wildman–Crippen MR) is 82.4 cm³/mol. The summed E-state index contributed by atoms with van der Waals surface area (Å²) in [7, 11) is 1.83. The van der Waals surface area contributed by atoms with Crippen LogP contribution >= 0.6 is 11.3 Å². The van der Waals surface area contributed by atoms with Gasteiger partial charge in [-0.05, 0) is 13.0 Å². The van der Waals surface area contributed by atoms with Gasteiger partial charge in [0.25, 0.3) is 0 Å². The van der Waals surface area contributed by atoms with Crippen LogP contribution < -0.4 is 10.6 Å². The molecular weight excluding hydrogens is 272 g/mol. The molecule has 0 amide bonds. The Balaban J connectivity index is 1.81. The van der Waals surface area contributed by atoms with Gasteiger partial charge in [-0.25, -0.2) is 9.97 Å². The first-order chi connectivity index (χ1) is 9.76. The molecule has 0 radical (unpaired) electrons. The van der Waals surface area contributed by atoms with Gasteiger partial charge in [0.1, 0.15) is 10.6 Å². The molecule has 3 aromatic heterocycles. The van der Waals surface area contributed by atoms with Crippen LogP contribution in [0.4, 0.5) is 11.8 Å². The van der Waals surface area contributed by atoms with Crippen molar-refractivity contribution in [3.63, 3.8) is 0 Å². The van der Waals surface area contributed by atoms with Crippen molar-refractivity contribution in [1.82, 2.24) is 19.5 Å². The number of nitrogens with one attached hydrogen (secondary N) is 2. The second kappa shape index (κ2) is 5.46. The number of fused-ring (bicyclic) bond motifs is 1. The lowest BCUT2D eigenvalue weighted by molar-refractivity contribution is 0.726. The van der Waals surface area contributed by atoms with Crippen LogP contribution in [0.15, 0.2) is 24.8 Å². The molecule has 20 heavy (non-hydrogen) atoms. The van der Waals surface area contributed by atoms with Crippen LogP contribution in [0.1, 0.15) is 4.88 Å². The van der Waals surface area contributed by atoms with Crippen LogP contribution in [0.3, 0.4) is 0 Å². The molecule has 0 aromatic carbocycles. The first-order valence-electron chi connectivity index (χ1n) is 6.42. The van der Waals surface area contributed by atoms with E-state index in [1.807, 2.05) is 24.1 Å². The zero-order chi connectivity index (χ0) is 13.9. The summed E-state index contributed by atoms with van der Waals surface area (Å²) in [6.07, 6.45) is 5.54. The Bertz CT molecular complexity index is 703. The molecule has 3 heterocycles. The van der Waals surface area contributed by atoms with E-state index in [1.54, 1.807) is 17.5 Å². The highest BCUT2D eigenvalue weighted by atomic mass is 32.1. The number of nitrogens with zero attached hydrogens (tertiary/aromatic N) is 4. The monoisotopic (exact) mass is 288 g/mol. The molecule has 0 saturated carbocycles. The van der Waals surface area contributed by atoms with Crippen molar-refractivity contribution in [3.8, 4) is 0 Å². The summed E-state index contributed by atoms with van der Waals surface area (Å²) >= 11 is 1.68. The van der Waals surface area contributed by atoms with Crippen molar-refractivity contribution in [2.45, 2.75) is 13.5 Å². The molecule has 0 fully saturated rings. The Kier molecular flexibility index (Phi) is 3.51. The maximum Gasteiger partial charge on any atom is 0.225 e. The second-order valence-electron chi connectivity index (χ2n) is 4.45. The Morgan fingerprint density at radius 2 is 2.25 bits per heavy atom. The lowest BCUT2D eigenvalue weighted by atomic mass is 10.3. The van der Waals surface area contributed by atoms with Gasteiger partial charge in [0, 0.05) is 37.4 Å². The molecule has 0 bridgehead atoms. The van der Waals surface area contributed by atoms with Crippen LogP contribution in [0.25, 0.3) is 10.2 Å². The molecule has 0 saturated heterocycles. The van der Waals surface area contributed by atoms with Crippen molar-refractivity contribution >= 4 is 33.3 Å². The SMILES string of the molecule is CNc1nc(NCCn2ccnc2)c2cc(C)sc2n1. The number of aryl methyl sites for hydroxylation is 1. The molecule has 2 N–H and O–H groups in total. The highest BCUT2D eigenvalue weighted by Crippen LogP contribution is 2.29.